The third-order valence-electron chi connectivity index (χ3n) is 0.211. The van der Waals surface area contributed by atoms with Crippen molar-refractivity contribution in [2.45, 2.75) is 0 Å². The zero-order valence-electron chi connectivity index (χ0n) is 2.98. The van der Waals surface area contributed by atoms with Gasteiger partial charge in [-0.2, -0.15) is 0 Å². The van der Waals surface area contributed by atoms with E-state index in [1.165, 1.54) is 0 Å². The monoisotopic (exact) mass is 200 g/mol. The molecular formula is C2H5IN2O. The molecule has 0 aromatic rings. The van der Waals surface area contributed by atoms with Crippen LogP contribution >= 0.6 is 22.6 Å². The second kappa shape index (κ2) is 5.19. The van der Waals surface area contributed by atoms with Crippen LogP contribution in [0.3, 0.4) is 0 Å². The number of hydrogen-bond acceptors (Lipinski definition) is 3. The van der Waals surface area contributed by atoms with Crippen molar-refractivity contribution >= 4 is 22.6 Å². The van der Waals surface area contributed by atoms with Crippen LogP contribution in [0.4, 0.5) is 0 Å². The van der Waals surface area contributed by atoms with Crippen molar-refractivity contribution in [3.63, 3.8) is 0 Å². The van der Waals surface area contributed by atoms with Crippen molar-refractivity contribution in [1.29, 1.82) is 0 Å². The maximum absolute atomic E-state index is 7.78. The van der Waals surface area contributed by atoms with Gasteiger partial charge >= 0.3 is 0 Å². The summed E-state index contributed by atoms with van der Waals surface area (Å²) in [5, 5.41) is 7.78. The molecule has 3 N–H and O–H groups in total. The van der Waals surface area contributed by atoms with Gasteiger partial charge in [-0.3, -0.25) is 5.21 Å². The van der Waals surface area contributed by atoms with Crippen LogP contribution in [0.25, 0.3) is 0 Å². The molecule has 0 aromatic carbocycles. The molecule has 0 saturated heterocycles. The fourth-order valence-electron chi connectivity index (χ4n) is 0.0688. The number of nitrogens with one attached hydrogen (secondary N) is 2. The van der Waals surface area contributed by atoms with Gasteiger partial charge in [0.25, 0.3) is 0 Å². The molecular weight excluding hydrogens is 195 g/mol. The Kier molecular flexibility index (Phi) is 5.35. The molecule has 0 spiro atoms. The molecule has 0 aromatic heterocycles. The first-order valence-corrected chi connectivity index (χ1v) is 2.56. The maximum atomic E-state index is 7.78. The summed E-state index contributed by atoms with van der Waals surface area (Å²) in [6, 6.07) is 0. The van der Waals surface area contributed by atoms with Crippen LogP contribution in [0.1, 0.15) is 0 Å². The topological polar surface area (TPSA) is 44.3 Å². The quantitative estimate of drug-likeness (QED) is 0.445. The van der Waals surface area contributed by atoms with Gasteiger partial charge in [-0.25, -0.2) is 0 Å². The Morgan fingerprint density at radius 2 is 2.33 bits per heavy atom. The fourth-order valence-corrected chi connectivity index (χ4v) is 0.249. The third kappa shape index (κ3) is 4.19. The van der Waals surface area contributed by atoms with E-state index >= 15 is 0 Å². The molecule has 0 amide bonds. The number of hydrazine groups is 1. The molecule has 6 heavy (non-hydrogen) atoms. The molecule has 3 nitrogen and oxygen atoms in total. The molecule has 0 atom stereocenters. The molecule has 0 bridgehead atoms. The lowest BCUT2D eigenvalue weighted by Gasteiger charge is -1.87. The van der Waals surface area contributed by atoms with E-state index in [2.05, 4.69) is 5.43 Å². The first kappa shape index (κ1) is 6.19. The smallest absolute Gasteiger partial charge is 0.0208 e. The average Bonchev–Trinajstić information content (AvgIpc) is 1.61. The average molecular weight is 200 g/mol. The molecule has 0 unspecified atom stereocenters. The van der Waals surface area contributed by atoms with E-state index in [9.17, 15) is 0 Å². The van der Waals surface area contributed by atoms with Gasteiger partial charge in [-0.05, 0) is 4.08 Å². The summed E-state index contributed by atoms with van der Waals surface area (Å²) < 4.78 is 1.72. The van der Waals surface area contributed by atoms with E-state index in [4.69, 9.17) is 5.21 Å². The van der Waals surface area contributed by atoms with Gasteiger partial charge in [0.2, 0.25) is 0 Å². The van der Waals surface area contributed by atoms with Crippen molar-refractivity contribution in [3.8, 4) is 0 Å². The molecule has 36 valence electrons. The van der Waals surface area contributed by atoms with Crippen LogP contribution in [0, 0.1) is 0 Å². The second-order valence-corrected chi connectivity index (χ2v) is 1.27. The molecule has 0 fully saturated rings. The lowest BCUT2D eigenvalue weighted by Crippen LogP contribution is -2.21. The van der Waals surface area contributed by atoms with Crippen molar-refractivity contribution in [2.75, 3.05) is 0 Å². The predicted molar refractivity (Wildman–Crippen MR) is 31.2 cm³/mol. The molecule has 0 saturated carbocycles. The summed E-state index contributed by atoms with van der Waals surface area (Å²) in [5.41, 5.74) is 4.04. The fraction of sp³-hybridized carbons (Fsp3) is 0. The van der Waals surface area contributed by atoms with E-state index in [1.807, 2.05) is 22.6 Å². The van der Waals surface area contributed by atoms with Crippen molar-refractivity contribution in [3.05, 3.63) is 10.3 Å². The van der Waals surface area contributed by atoms with Crippen molar-refractivity contribution < 1.29 is 5.21 Å². The first-order valence-electron chi connectivity index (χ1n) is 1.31. The van der Waals surface area contributed by atoms with Crippen LogP contribution in [0.15, 0.2) is 10.3 Å². The third-order valence-corrected chi connectivity index (χ3v) is 0.570. The molecule has 4 heteroatoms. The van der Waals surface area contributed by atoms with E-state index in [1.54, 1.807) is 15.9 Å². The highest BCUT2D eigenvalue weighted by molar-refractivity contribution is 14.1. The minimum absolute atomic E-state index is 1.56. The minimum Gasteiger partial charge on any atom is -0.306 e. The Morgan fingerprint density at radius 1 is 1.67 bits per heavy atom. The van der Waals surface area contributed by atoms with Gasteiger partial charge in [0, 0.05) is 6.20 Å². The second-order valence-electron chi connectivity index (χ2n) is 0.549. The summed E-state index contributed by atoms with van der Waals surface area (Å²) >= 11 is 2.02. The first-order chi connectivity index (χ1) is 2.91. The van der Waals surface area contributed by atoms with Crippen LogP contribution < -0.4 is 11.0 Å². The largest absolute Gasteiger partial charge is 0.306 e. The zero-order chi connectivity index (χ0) is 4.83. The number of hydrogen-bond donors (Lipinski definition) is 3. The Hall–Kier alpha value is 0.190. The molecule has 0 heterocycles. The van der Waals surface area contributed by atoms with E-state index in [0.29, 0.717) is 0 Å². The minimum atomic E-state index is 1.56. The molecule has 0 aliphatic carbocycles. The Balaban J connectivity index is 2.66. The van der Waals surface area contributed by atoms with Gasteiger partial charge in [0.05, 0.1) is 0 Å². The molecule has 0 rings (SSSR count). The summed E-state index contributed by atoms with van der Waals surface area (Å²) in [6.07, 6.45) is 1.56. The van der Waals surface area contributed by atoms with E-state index in [0.717, 1.165) is 0 Å². The van der Waals surface area contributed by atoms with E-state index < -0.39 is 0 Å². The number of rotatable bonds is 2. The Labute approximate surface area is 49.5 Å². The number of halogens is 1. The lowest BCUT2D eigenvalue weighted by molar-refractivity contribution is 0.138. The maximum Gasteiger partial charge on any atom is 0.0208 e. The molecule has 0 aliphatic rings. The van der Waals surface area contributed by atoms with Crippen LogP contribution in [0.2, 0.25) is 0 Å². The highest BCUT2D eigenvalue weighted by atomic mass is 127. The predicted octanol–water partition coefficient (Wildman–Crippen LogP) is 0.376. The van der Waals surface area contributed by atoms with Crippen LogP contribution in [-0.4, -0.2) is 5.21 Å². The Morgan fingerprint density at radius 3 is 2.50 bits per heavy atom. The normalized spacial score (nSPS) is 9.67. The van der Waals surface area contributed by atoms with Gasteiger partial charge in [-0.15, -0.1) is 5.59 Å². The van der Waals surface area contributed by atoms with E-state index in [-0.39, 0.29) is 0 Å². The van der Waals surface area contributed by atoms with Crippen molar-refractivity contribution in [1.82, 2.24) is 11.0 Å². The summed E-state index contributed by atoms with van der Waals surface area (Å²) in [5.74, 6) is 0. The van der Waals surface area contributed by atoms with Crippen molar-refractivity contribution in [2.24, 2.45) is 0 Å². The zero-order valence-corrected chi connectivity index (χ0v) is 5.14. The molecule has 0 aliphatic heterocycles. The summed E-state index contributed by atoms with van der Waals surface area (Å²) in [6.45, 7) is 0. The summed E-state index contributed by atoms with van der Waals surface area (Å²) in [4.78, 5) is 0. The lowest BCUT2D eigenvalue weighted by atomic mass is 11.1. The van der Waals surface area contributed by atoms with Gasteiger partial charge < -0.3 is 5.43 Å². The SMILES string of the molecule is ONN/C=C\I. The highest BCUT2D eigenvalue weighted by Gasteiger charge is 1.56. The standard InChI is InChI=1S/C2H5IN2O/c3-1-2-4-5-6/h1-2,4-6H/b2-1-. The Bertz CT molecular complexity index is 46.8. The van der Waals surface area contributed by atoms with Gasteiger partial charge in [0.15, 0.2) is 0 Å². The molecule has 0 radical (unpaired) electrons. The highest BCUT2D eigenvalue weighted by Crippen LogP contribution is 1.76. The van der Waals surface area contributed by atoms with Crippen LogP contribution in [-0.2, 0) is 0 Å². The van der Waals surface area contributed by atoms with Gasteiger partial charge in [0.1, 0.15) is 0 Å². The van der Waals surface area contributed by atoms with Crippen LogP contribution in [0.5, 0.6) is 0 Å². The van der Waals surface area contributed by atoms with Gasteiger partial charge in [-0.1, -0.05) is 22.6 Å². The summed E-state index contributed by atoms with van der Waals surface area (Å²) in [7, 11) is 0.